The molecule has 1 heterocycles. The first-order valence-corrected chi connectivity index (χ1v) is 17.2. The van der Waals surface area contributed by atoms with Crippen LogP contribution in [0.5, 0.6) is 0 Å². The Morgan fingerprint density at radius 2 is 1.76 bits per heavy atom. The van der Waals surface area contributed by atoms with Gasteiger partial charge in [-0.2, -0.15) is 0 Å². The lowest BCUT2D eigenvalue weighted by molar-refractivity contribution is -0.313. The van der Waals surface area contributed by atoms with E-state index in [2.05, 4.69) is 25.0 Å². The maximum atomic E-state index is 13.2. The van der Waals surface area contributed by atoms with Gasteiger partial charge < -0.3 is 38.8 Å². The summed E-state index contributed by atoms with van der Waals surface area (Å²) in [5.41, 5.74) is 0.851. The number of carbonyl (C=O) groups excluding carboxylic acids is 4. The minimum absolute atomic E-state index is 0.121. The van der Waals surface area contributed by atoms with Crippen LogP contribution in [0.3, 0.4) is 0 Å². The molecule has 0 bridgehead atoms. The Kier molecular flexibility index (Phi) is 12.9. The number of esters is 3. The molecule has 6 atom stereocenters. The van der Waals surface area contributed by atoms with E-state index >= 15 is 0 Å². The highest BCUT2D eigenvalue weighted by atomic mass is 28.3. The first-order chi connectivity index (χ1) is 19.2. The molecule has 1 aromatic carbocycles. The minimum Gasteiger partial charge on any atom is -0.465 e. The maximum Gasteiger partial charge on any atom is 0.366 e. The molecule has 1 aromatic rings. The van der Waals surface area contributed by atoms with E-state index in [1.165, 1.54) is 13.8 Å². The number of rotatable bonds is 14. The molecule has 230 valence electrons. The second-order valence-electron chi connectivity index (χ2n) is 11.2. The summed E-state index contributed by atoms with van der Waals surface area (Å²) in [7, 11) is -0.467. The van der Waals surface area contributed by atoms with Crippen molar-refractivity contribution in [1.82, 2.24) is 5.32 Å². The second-order valence-corrected chi connectivity index (χ2v) is 16.8. The number of nitrogens with one attached hydrogen (secondary N) is 1. The molecule has 1 amide bonds. The second kappa shape index (κ2) is 15.4. The van der Waals surface area contributed by atoms with E-state index in [0.29, 0.717) is 6.04 Å². The van der Waals surface area contributed by atoms with Gasteiger partial charge in [0.2, 0.25) is 5.91 Å². The van der Waals surface area contributed by atoms with Crippen LogP contribution in [-0.2, 0) is 54.2 Å². The highest BCUT2D eigenvalue weighted by molar-refractivity contribution is 6.76. The topological polar surface area (TPSA) is 156 Å². The number of methoxy groups -OCH3 is 1. The number of ether oxygens (including phenoxy) is 6. The van der Waals surface area contributed by atoms with Crippen LogP contribution < -0.4 is 5.32 Å². The van der Waals surface area contributed by atoms with E-state index in [4.69, 9.17) is 28.4 Å². The molecular weight excluding hydrogens is 554 g/mol. The Bertz CT molecular complexity index is 1030. The molecule has 1 fully saturated rings. The Hall–Kier alpha value is -2.84. The van der Waals surface area contributed by atoms with Crippen LogP contribution >= 0.6 is 0 Å². The van der Waals surface area contributed by atoms with Crippen molar-refractivity contribution in [2.75, 3.05) is 20.3 Å². The van der Waals surface area contributed by atoms with Crippen molar-refractivity contribution in [3.63, 3.8) is 0 Å². The third kappa shape index (κ3) is 10.8. The van der Waals surface area contributed by atoms with E-state index in [1.807, 2.05) is 30.3 Å². The van der Waals surface area contributed by atoms with Crippen LogP contribution in [0.25, 0.3) is 0 Å². The van der Waals surface area contributed by atoms with E-state index in [0.717, 1.165) is 19.6 Å². The standard InChI is InChI=1S/C28H43NO11Si/c1-18(30)29-24-23(38-19(2)31)15-28(27(34)35-4,37-13-14-41(5,6)7)40-26(24)25(39-20(3)32)22(33)17-36-16-21-11-9-8-10-12-21/h8-12,22-26,33H,13-17H2,1-7H3,(H,29,30)/t22-,23+,24-,25-,26-,28-/m1/s1. The van der Waals surface area contributed by atoms with Crippen molar-refractivity contribution in [3.8, 4) is 0 Å². The van der Waals surface area contributed by atoms with Gasteiger partial charge >= 0.3 is 17.9 Å². The Balaban J connectivity index is 2.50. The maximum absolute atomic E-state index is 13.2. The van der Waals surface area contributed by atoms with Gasteiger partial charge in [0.1, 0.15) is 18.3 Å². The molecule has 0 spiro atoms. The fourth-order valence-electron chi connectivity index (χ4n) is 4.44. The van der Waals surface area contributed by atoms with E-state index in [9.17, 15) is 24.3 Å². The third-order valence-electron chi connectivity index (χ3n) is 6.33. The zero-order valence-electron chi connectivity index (χ0n) is 24.8. The quantitative estimate of drug-likeness (QED) is 0.184. The minimum atomic E-state index is -2.09. The highest BCUT2D eigenvalue weighted by Gasteiger charge is 2.58. The molecule has 12 nitrogen and oxygen atoms in total. The van der Waals surface area contributed by atoms with Crippen LogP contribution in [-0.4, -0.2) is 93.6 Å². The van der Waals surface area contributed by atoms with Crippen molar-refractivity contribution >= 4 is 31.9 Å². The van der Waals surface area contributed by atoms with Crippen molar-refractivity contribution in [2.24, 2.45) is 0 Å². The summed E-state index contributed by atoms with van der Waals surface area (Å²) in [6.45, 7) is 9.94. The fourth-order valence-corrected chi connectivity index (χ4v) is 5.15. The fraction of sp³-hybridized carbons (Fsp3) is 0.643. The molecule has 1 aliphatic heterocycles. The molecule has 0 unspecified atom stereocenters. The number of hydrogen-bond donors (Lipinski definition) is 2. The lowest BCUT2D eigenvalue weighted by Gasteiger charge is -2.48. The van der Waals surface area contributed by atoms with Crippen LogP contribution in [0.4, 0.5) is 0 Å². The van der Waals surface area contributed by atoms with Gasteiger partial charge in [0.05, 0.1) is 32.8 Å². The number of benzene rings is 1. The zero-order valence-corrected chi connectivity index (χ0v) is 25.8. The molecule has 2 N–H and O–H groups in total. The van der Waals surface area contributed by atoms with Gasteiger partial charge in [-0.25, -0.2) is 4.79 Å². The van der Waals surface area contributed by atoms with E-state index < -0.39 is 68.1 Å². The monoisotopic (exact) mass is 597 g/mol. The summed E-state index contributed by atoms with van der Waals surface area (Å²) in [4.78, 5) is 49.8. The molecule has 0 radical (unpaired) electrons. The molecule has 0 saturated carbocycles. The summed E-state index contributed by atoms with van der Waals surface area (Å²) < 4.78 is 34.0. The Morgan fingerprint density at radius 3 is 2.29 bits per heavy atom. The van der Waals surface area contributed by atoms with Crippen molar-refractivity contribution in [3.05, 3.63) is 35.9 Å². The van der Waals surface area contributed by atoms with Crippen molar-refractivity contribution in [1.29, 1.82) is 0 Å². The molecular formula is C28H43NO11Si. The number of aliphatic hydroxyl groups is 1. The first kappa shape index (κ1) is 34.4. The van der Waals surface area contributed by atoms with Gasteiger partial charge in [0.25, 0.3) is 5.79 Å². The summed E-state index contributed by atoms with van der Waals surface area (Å²) >= 11 is 0. The smallest absolute Gasteiger partial charge is 0.366 e. The number of amides is 1. The van der Waals surface area contributed by atoms with Gasteiger partial charge in [-0.3, -0.25) is 14.4 Å². The molecule has 41 heavy (non-hydrogen) atoms. The molecule has 13 heteroatoms. The third-order valence-corrected chi connectivity index (χ3v) is 8.03. The van der Waals surface area contributed by atoms with Crippen LogP contribution in [0, 0.1) is 0 Å². The lowest BCUT2D eigenvalue weighted by atomic mass is 9.88. The van der Waals surface area contributed by atoms with E-state index in [1.54, 1.807) is 0 Å². The number of carbonyl (C=O) groups is 4. The summed E-state index contributed by atoms with van der Waals surface area (Å²) in [5, 5.41) is 13.9. The zero-order chi connectivity index (χ0) is 30.8. The molecule has 1 aliphatic rings. The largest absolute Gasteiger partial charge is 0.465 e. The molecule has 2 rings (SSSR count). The van der Waals surface area contributed by atoms with Crippen LogP contribution in [0.1, 0.15) is 32.8 Å². The number of hydrogen-bond acceptors (Lipinski definition) is 11. The van der Waals surface area contributed by atoms with Crippen molar-refractivity contribution in [2.45, 2.75) is 95.7 Å². The Labute approximate surface area is 242 Å². The lowest BCUT2D eigenvalue weighted by Crippen LogP contribution is -2.69. The van der Waals surface area contributed by atoms with Gasteiger partial charge in [-0.05, 0) is 11.6 Å². The molecule has 1 saturated heterocycles. The normalized spacial score (nSPS) is 24.0. The van der Waals surface area contributed by atoms with Crippen LogP contribution in [0.2, 0.25) is 25.7 Å². The summed E-state index contributed by atoms with van der Waals surface area (Å²) in [6, 6.07) is 8.76. The Morgan fingerprint density at radius 1 is 1.10 bits per heavy atom. The van der Waals surface area contributed by atoms with Gasteiger partial charge in [0, 0.05) is 35.5 Å². The van der Waals surface area contributed by atoms with Gasteiger partial charge in [0.15, 0.2) is 6.10 Å². The van der Waals surface area contributed by atoms with Crippen molar-refractivity contribution < 1.29 is 52.7 Å². The first-order valence-electron chi connectivity index (χ1n) is 13.5. The average Bonchev–Trinajstić information content (AvgIpc) is 2.87. The molecule has 0 aliphatic carbocycles. The van der Waals surface area contributed by atoms with Gasteiger partial charge in [-0.15, -0.1) is 0 Å². The highest BCUT2D eigenvalue weighted by Crippen LogP contribution is 2.37. The van der Waals surface area contributed by atoms with E-state index in [-0.39, 0.29) is 26.2 Å². The number of aliphatic hydroxyl groups excluding tert-OH is 1. The summed E-state index contributed by atoms with van der Waals surface area (Å²) in [6.07, 6.45) is -5.85. The molecule has 0 aromatic heterocycles. The summed E-state index contributed by atoms with van der Waals surface area (Å²) in [5.74, 6) is -4.96. The predicted octanol–water partition coefficient (Wildman–Crippen LogP) is 1.95. The van der Waals surface area contributed by atoms with Crippen LogP contribution in [0.15, 0.2) is 30.3 Å². The average molecular weight is 598 g/mol. The predicted molar refractivity (Wildman–Crippen MR) is 149 cm³/mol. The SMILES string of the molecule is COC(=O)[C@@]1(OCC[Si](C)(C)C)C[C@H](OC(C)=O)[C@@H](NC(C)=O)[C@H]([C@H](OC(C)=O)[C@H](O)COCc2ccccc2)O1. The van der Waals surface area contributed by atoms with Gasteiger partial charge in [-0.1, -0.05) is 50.0 Å².